The SMILES string of the molecule is Cc1ccc(NC(=O)c2nnc(C(=O)N3CCCC(C(=O)NCc4cccc(F)c4)C3)s2)cc1. The third-order valence-electron chi connectivity index (χ3n) is 5.55. The van der Waals surface area contributed by atoms with Crippen molar-refractivity contribution in [3.8, 4) is 0 Å². The van der Waals surface area contributed by atoms with Gasteiger partial charge in [0.15, 0.2) is 0 Å². The first-order valence-corrected chi connectivity index (χ1v) is 11.7. The van der Waals surface area contributed by atoms with Crippen LogP contribution < -0.4 is 10.6 Å². The van der Waals surface area contributed by atoms with Crippen molar-refractivity contribution >= 4 is 34.7 Å². The Kier molecular flexibility index (Phi) is 7.27. The van der Waals surface area contributed by atoms with Crippen molar-refractivity contribution in [3.05, 3.63) is 75.5 Å². The van der Waals surface area contributed by atoms with E-state index in [4.69, 9.17) is 0 Å². The summed E-state index contributed by atoms with van der Waals surface area (Å²) >= 11 is 0.922. The van der Waals surface area contributed by atoms with Crippen LogP contribution in [0.15, 0.2) is 48.5 Å². The number of aryl methyl sites for hydroxylation is 1. The molecule has 34 heavy (non-hydrogen) atoms. The number of hydrogen-bond acceptors (Lipinski definition) is 6. The van der Waals surface area contributed by atoms with Crippen LogP contribution in [-0.2, 0) is 11.3 Å². The lowest BCUT2D eigenvalue weighted by Gasteiger charge is -2.31. The van der Waals surface area contributed by atoms with Gasteiger partial charge < -0.3 is 15.5 Å². The molecule has 8 nitrogen and oxygen atoms in total. The fourth-order valence-electron chi connectivity index (χ4n) is 3.71. The minimum atomic E-state index is -0.436. The number of likely N-dealkylation sites (tertiary alicyclic amines) is 1. The molecule has 1 aliphatic heterocycles. The van der Waals surface area contributed by atoms with Crippen LogP contribution in [-0.4, -0.2) is 45.9 Å². The van der Waals surface area contributed by atoms with Gasteiger partial charge in [0.1, 0.15) is 5.82 Å². The number of anilines is 1. The van der Waals surface area contributed by atoms with Gasteiger partial charge in [0.05, 0.1) is 5.92 Å². The van der Waals surface area contributed by atoms with E-state index in [1.807, 2.05) is 19.1 Å². The van der Waals surface area contributed by atoms with E-state index in [0.717, 1.165) is 16.9 Å². The maximum atomic E-state index is 13.3. The largest absolute Gasteiger partial charge is 0.352 e. The molecule has 0 spiro atoms. The van der Waals surface area contributed by atoms with Gasteiger partial charge in [0.25, 0.3) is 11.8 Å². The zero-order chi connectivity index (χ0) is 24.1. The number of carbonyl (C=O) groups is 3. The highest BCUT2D eigenvalue weighted by Gasteiger charge is 2.30. The Morgan fingerprint density at radius 1 is 1.12 bits per heavy atom. The molecule has 0 aliphatic carbocycles. The number of benzene rings is 2. The van der Waals surface area contributed by atoms with Crippen LogP contribution in [0, 0.1) is 18.7 Å². The minimum absolute atomic E-state index is 0.0883. The summed E-state index contributed by atoms with van der Waals surface area (Å²) in [7, 11) is 0. The molecule has 1 unspecified atom stereocenters. The second kappa shape index (κ2) is 10.5. The summed E-state index contributed by atoms with van der Waals surface area (Å²) in [5.74, 6) is -1.70. The first kappa shape index (κ1) is 23.5. The molecule has 2 aromatic carbocycles. The number of carbonyl (C=O) groups excluding carboxylic acids is 3. The second-order valence-corrected chi connectivity index (χ2v) is 9.15. The maximum Gasteiger partial charge on any atom is 0.286 e. The van der Waals surface area contributed by atoms with Crippen molar-refractivity contribution in [1.82, 2.24) is 20.4 Å². The molecule has 4 rings (SSSR count). The number of nitrogens with one attached hydrogen (secondary N) is 2. The lowest BCUT2D eigenvalue weighted by Crippen LogP contribution is -2.45. The summed E-state index contributed by atoms with van der Waals surface area (Å²) in [5.41, 5.74) is 2.37. The smallest absolute Gasteiger partial charge is 0.286 e. The predicted molar refractivity (Wildman–Crippen MR) is 126 cm³/mol. The van der Waals surface area contributed by atoms with E-state index in [9.17, 15) is 18.8 Å². The number of rotatable bonds is 6. The Morgan fingerprint density at radius 3 is 2.65 bits per heavy atom. The van der Waals surface area contributed by atoms with E-state index in [0.29, 0.717) is 30.6 Å². The standard InChI is InChI=1S/C24H24FN5O3S/c1-15-7-9-19(10-8-15)27-21(32)22-28-29-23(34-22)24(33)30-11-3-5-17(14-30)20(31)26-13-16-4-2-6-18(25)12-16/h2,4,6-10,12,17H,3,5,11,13-14H2,1H3,(H,26,31)(H,27,32). The molecular formula is C24H24FN5O3S. The average Bonchev–Trinajstić information content (AvgIpc) is 3.34. The molecule has 1 atom stereocenters. The molecule has 3 aromatic rings. The number of hydrogen-bond donors (Lipinski definition) is 2. The molecule has 0 bridgehead atoms. The Morgan fingerprint density at radius 2 is 1.88 bits per heavy atom. The predicted octanol–water partition coefficient (Wildman–Crippen LogP) is 3.41. The molecule has 0 saturated carbocycles. The normalized spacial score (nSPS) is 15.6. The minimum Gasteiger partial charge on any atom is -0.352 e. The van der Waals surface area contributed by atoms with Crippen molar-refractivity contribution < 1.29 is 18.8 Å². The second-order valence-electron chi connectivity index (χ2n) is 8.17. The lowest BCUT2D eigenvalue weighted by molar-refractivity contribution is -0.126. The van der Waals surface area contributed by atoms with Crippen LogP contribution in [0.5, 0.6) is 0 Å². The highest BCUT2D eigenvalue weighted by atomic mass is 32.1. The Labute approximate surface area is 200 Å². The third kappa shape index (κ3) is 5.82. The van der Waals surface area contributed by atoms with E-state index < -0.39 is 5.91 Å². The van der Waals surface area contributed by atoms with Crippen LogP contribution in [0.25, 0.3) is 0 Å². The molecule has 1 aliphatic rings. The molecule has 1 saturated heterocycles. The van der Waals surface area contributed by atoms with Gasteiger partial charge in [-0.1, -0.05) is 41.2 Å². The van der Waals surface area contributed by atoms with Gasteiger partial charge in [-0.3, -0.25) is 14.4 Å². The quantitative estimate of drug-likeness (QED) is 0.562. The summed E-state index contributed by atoms with van der Waals surface area (Å²) < 4.78 is 13.3. The van der Waals surface area contributed by atoms with E-state index >= 15 is 0 Å². The van der Waals surface area contributed by atoms with Crippen LogP contribution in [0.1, 0.15) is 43.6 Å². The maximum absolute atomic E-state index is 13.3. The fourth-order valence-corrected chi connectivity index (χ4v) is 4.42. The van der Waals surface area contributed by atoms with Crippen LogP contribution in [0.3, 0.4) is 0 Å². The molecule has 176 valence electrons. The van der Waals surface area contributed by atoms with Crippen LogP contribution in [0.2, 0.25) is 0 Å². The number of amides is 3. The van der Waals surface area contributed by atoms with Crippen molar-refractivity contribution in [1.29, 1.82) is 0 Å². The van der Waals surface area contributed by atoms with Gasteiger partial charge in [0.2, 0.25) is 15.9 Å². The molecular weight excluding hydrogens is 457 g/mol. The summed E-state index contributed by atoms with van der Waals surface area (Å²) in [6.45, 7) is 2.92. The first-order valence-electron chi connectivity index (χ1n) is 10.9. The third-order valence-corrected chi connectivity index (χ3v) is 6.46. The summed E-state index contributed by atoms with van der Waals surface area (Å²) in [4.78, 5) is 39.6. The molecule has 2 N–H and O–H groups in total. The highest BCUT2D eigenvalue weighted by molar-refractivity contribution is 7.15. The van der Waals surface area contributed by atoms with E-state index in [1.165, 1.54) is 12.1 Å². The van der Waals surface area contributed by atoms with Gasteiger partial charge in [-0.05, 0) is 49.6 Å². The zero-order valence-corrected chi connectivity index (χ0v) is 19.4. The summed E-state index contributed by atoms with van der Waals surface area (Å²) in [6, 6.07) is 13.4. The highest BCUT2D eigenvalue weighted by Crippen LogP contribution is 2.21. The lowest BCUT2D eigenvalue weighted by atomic mass is 9.97. The fraction of sp³-hybridized carbons (Fsp3) is 0.292. The van der Waals surface area contributed by atoms with Gasteiger partial charge in [-0.25, -0.2) is 4.39 Å². The van der Waals surface area contributed by atoms with Crippen LogP contribution >= 0.6 is 11.3 Å². The Hall–Kier alpha value is -3.66. The number of aromatic nitrogens is 2. The van der Waals surface area contributed by atoms with Crippen LogP contribution in [0.4, 0.5) is 10.1 Å². The number of halogens is 1. The number of piperidine rings is 1. The molecule has 2 heterocycles. The van der Waals surface area contributed by atoms with E-state index in [2.05, 4.69) is 20.8 Å². The van der Waals surface area contributed by atoms with Gasteiger partial charge in [-0.15, -0.1) is 10.2 Å². The Balaban J connectivity index is 1.33. The summed E-state index contributed by atoms with van der Waals surface area (Å²) in [6.07, 6.45) is 1.32. The van der Waals surface area contributed by atoms with E-state index in [-0.39, 0.29) is 46.7 Å². The topological polar surface area (TPSA) is 104 Å². The molecule has 1 fully saturated rings. The first-order chi connectivity index (χ1) is 16.4. The molecule has 3 amide bonds. The van der Waals surface area contributed by atoms with Crippen molar-refractivity contribution in [2.24, 2.45) is 5.92 Å². The molecule has 10 heteroatoms. The Bertz CT molecular complexity index is 1200. The van der Waals surface area contributed by atoms with Gasteiger partial charge in [-0.2, -0.15) is 0 Å². The zero-order valence-electron chi connectivity index (χ0n) is 18.6. The van der Waals surface area contributed by atoms with Gasteiger partial charge >= 0.3 is 0 Å². The average molecular weight is 482 g/mol. The molecule has 0 radical (unpaired) electrons. The van der Waals surface area contributed by atoms with Crippen molar-refractivity contribution in [3.63, 3.8) is 0 Å². The number of nitrogens with zero attached hydrogens (tertiary/aromatic N) is 3. The van der Waals surface area contributed by atoms with E-state index in [1.54, 1.807) is 29.2 Å². The van der Waals surface area contributed by atoms with Gasteiger partial charge in [0, 0.05) is 25.3 Å². The van der Waals surface area contributed by atoms with Crippen molar-refractivity contribution in [2.75, 3.05) is 18.4 Å². The monoisotopic (exact) mass is 481 g/mol. The molecule has 1 aromatic heterocycles. The summed E-state index contributed by atoms with van der Waals surface area (Å²) in [5, 5.41) is 13.5. The van der Waals surface area contributed by atoms with Crippen molar-refractivity contribution in [2.45, 2.75) is 26.3 Å².